The van der Waals surface area contributed by atoms with Crippen molar-refractivity contribution in [1.82, 2.24) is 24.5 Å². The van der Waals surface area contributed by atoms with E-state index in [9.17, 15) is 21.6 Å². The Hall–Kier alpha value is -3.19. The van der Waals surface area contributed by atoms with Crippen LogP contribution in [0.4, 0.5) is 24.7 Å². The van der Waals surface area contributed by atoms with E-state index in [-0.39, 0.29) is 22.9 Å². The van der Waals surface area contributed by atoms with Crippen LogP contribution < -0.4 is 16.2 Å². The van der Waals surface area contributed by atoms with Gasteiger partial charge in [-0.25, -0.2) is 27.8 Å². The molecule has 3 aromatic heterocycles. The van der Waals surface area contributed by atoms with Gasteiger partial charge in [-0.3, -0.25) is 0 Å². The van der Waals surface area contributed by atoms with Crippen LogP contribution in [0.5, 0.6) is 0 Å². The number of pyridine rings is 2. The number of sulfonamides is 1. The van der Waals surface area contributed by atoms with Gasteiger partial charge in [-0.05, 0) is 31.2 Å². The summed E-state index contributed by atoms with van der Waals surface area (Å²) >= 11 is 0. The van der Waals surface area contributed by atoms with E-state index in [1.807, 2.05) is 4.72 Å². The second-order valence-corrected chi connectivity index (χ2v) is 8.73. The maximum absolute atomic E-state index is 13.5. The minimum Gasteiger partial charge on any atom is -0.395 e. The van der Waals surface area contributed by atoms with Crippen molar-refractivity contribution >= 4 is 21.5 Å². The molecule has 0 saturated carbocycles. The van der Waals surface area contributed by atoms with E-state index in [4.69, 9.17) is 11.5 Å². The average molecular weight is 455 g/mol. The normalized spacial score (nSPS) is 13.3. The van der Waals surface area contributed by atoms with Crippen molar-refractivity contribution in [1.29, 1.82) is 0 Å². The number of anilines is 2. The standard InChI is InChI=1S/C18H20F3N7O2S/c1-24-31(29,30)7-5-14(18(19,20)21)11-2-3-15(26-8-11)28-10-12(9-27-28)13-4-6-25-17(23)16(13)22/h2-4,6,8-10,14,24H,5,7,22H2,1H3,(H2,23,25). The number of rotatable bonds is 7. The molecule has 0 aliphatic carbocycles. The Bertz CT molecular complexity index is 1160. The first-order chi connectivity index (χ1) is 14.5. The maximum atomic E-state index is 13.5. The molecule has 1 atom stereocenters. The molecule has 0 spiro atoms. The lowest BCUT2D eigenvalue weighted by atomic mass is 9.97. The molecule has 0 saturated heterocycles. The summed E-state index contributed by atoms with van der Waals surface area (Å²) < 4.78 is 66.9. The van der Waals surface area contributed by atoms with Gasteiger partial charge in [-0.2, -0.15) is 18.3 Å². The molecule has 1 unspecified atom stereocenters. The summed E-state index contributed by atoms with van der Waals surface area (Å²) in [5.74, 6) is -2.18. The molecular weight excluding hydrogens is 435 g/mol. The van der Waals surface area contributed by atoms with Crippen molar-refractivity contribution in [3.8, 4) is 16.9 Å². The molecule has 13 heteroatoms. The minimum absolute atomic E-state index is 0.138. The number of nitrogens with one attached hydrogen (secondary N) is 1. The zero-order valence-corrected chi connectivity index (χ0v) is 17.2. The smallest absolute Gasteiger partial charge is 0.395 e. The summed E-state index contributed by atoms with van der Waals surface area (Å²) in [6, 6.07) is 4.30. The number of nitrogens with two attached hydrogens (primary N) is 2. The van der Waals surface area contributed by atoms with Gasteiger partial charge in [-0.1, -0.05) is 6.07 Å². The van der Waals surface area contributed by atoms with Gasteiger partial charge < -0.3 is 11.5 Å². The molecule has 3 heterocycles. The third-order valence-corrected chi connectivity index (χ3v) is 6.10. The lowest BCUT2D eigenvalue weighted by Crippen LogP contribution is -2.28. The molecule has 0 bridgehead atoms. The van der Waals surface area contributed by atoms with Gasteiger partial charge in [0.05, 0.1) is 23.6 Å². The molecule has 0 amide bonds. The Kier molecular flexibility index (Phi) is 6.18. The molecule has 0 aliphatic rings. The van der Waals surface area contributed by atoms with Crippen molar-refractivity contribution in [2.24, 2.45) is 0 Å². The van der Waals surface area contributed by atoms with Crippen molar-refractivity contribution in [2.45, 2.75) is 18.5 Å². The van der Waals surface area contributed by atoms with Gasteiger partial charge in [0.1, 0.15) is 5.82 Å². The Labute approximate surface area is 176 Å². The van der Waals surface area contributed by atoms with Gasteiger partial charge in [0, 0.05) is 29.7 Å². The second-order valence-electron chi connectivity index (χ2n) is 6.69. The summed E-state index contributed by atoms with van der Waals surface area (Å²) in [6.07, 6.45) is 0.443. The number of hydrogen-bond acceptors (Lipinski definition) is 7. The van der Waals surface area contributed by atoms with Crippen LogP contribution in [0.15, 0.2) is 43.0 Å². The van der Waals surface area contributed by atoms with E-state index < -0.39 is 34.3 Å². The lowest BCUT2D eigenvalue weighted by molar-refractivity contribution is -0.150. The lowest BCUT2D eigenvalue weighted by Gasteiger charge is -2.20. The van der Waals surface area contributed by atoms with Gasteiger partial charge in [0.25, 0.3) is 0 Å². The first-order valence-electron chi connectivity index (χ1n) is 9.01. The predicted octanol–water partition coefficient (Wildman–Crippen LogP) is 2.08. The molecule has 3 aromatic rings. The minimum atomic E-state index is -4.62. The Morgan fingerprint density at radius 2 is 1.90 bits per heavy atom. The molecule has 0 aromatic carbocycles. The SMILES string of the molecule is CNS(=O)(=O)CCC(c1ccc(-n2cc(-c3ccnc(N)c3N)cn2)nc1)C(F)(F)F. The summed E-state index contributed by atoms with van der Waals surface area (Å²) in [7, 11) is -2.62. The van der Waals surface area contributed by atoms with Crippen LogP contribution in [0.1, 0.15) is 17.9 Å². The van der Waals surface area contributed by atoms with Crippen LogP contribution in [0, 0.1) is 0 Å². The molecule has 0 aliphatic heterocycles. The quantitative estimate of drug-likeness (QED) is 0.495. The Morgan fingerprint density at radius 3 is 2.52 bits per heavy atom. The number of aromatic nitrogens is 4. The van der Waals surface area contributed by atoms with Gasteiger partial charge >= 0.3 is 6.18 Å². The number of nitrogens with zero attached hydrogens (tertiary/aromatic N) is 4. The molecule has 3 rings (SSSR count). The fourth-order valence-corrected chi connectivity index (χ4v) is 3.71. The Balaban J connectivity index is 1.85. The average Bonchev–Trinajstić information content (AvgIpc) is 3.19. The number of alkyl halides is 3. The third-order valence-electron chi connectivity index (χ3n) is 4.70. The van der Waals surface area contributed by atoms with Gasteiger partial charge in [0.2, 0.25) is 10.0 Å². The maximum Gasteiger partial charge on any atom is 0.395 e. The monoisotopic (exact) mass is 455 g/mol. The third kappa shape index (κ3) is 5.11. The van der Waals surface area contributed by atoms with E-state index in [0.717, 1.165) is 13.2 Å². The highest BCUT2D eigenvalue weighted by molar-refractivity contribution is 7.89. The number of nitrogen functional groups attached to an aromatic ring is 2. The van der Waals surface area contributed by atoms with Crippen LogP contribution in [0.2, 0.25) is 0 Å². The van der Waals surface area contributed by atoms with Crippen LogP contribution in [0.25, 0.3) is 16.9 Å². The summed E-state index contributed by atoms with van der Waals surface area (Å²) in [5, 5.41) is 4.16. The largest absolute Gasteiger partial charge is 0.395 e. The molecular formula is C18H20F3N7O2S. The molecule has 31 heavy (non-hydrogen) atoms. The second kappa shape index (κ2) is 8.51. The summed E-state index contributed by atoms with van der Waals surface area (Å²) in [4.78, 5) is 7.95. The predicted molar refractivity (Wildman–Crippen MR) is 110 cm³/mol. The van der Waals surface area contributed by atoms with Crippen molar-refractivity contribution in [2.75, 3.05) is 24.3 Å². The number of hydrogen-bond donors (Lipinski definition) is 3. The van der Waals surface area contributed by atoms with Gasteiger partial charge in [0.15, 0.2) is 5.82 Å². The van der Waals surface area contributed by atoms with E-state index >= 15 is 0 Å². The fraction of sp³-hybridized carbons (Fsp3) is 0.278. The molecule has 5 N–H and O–H groups in total. The molecule has 166 valence electrons. The van der Waals surface area contributed by atoms with E-state index in [1.54, 1.807) is 12.3 Å². The van der Waals surface area contributed by atoms with E-state index in [0.29, 0.717) is 11.1 Å². The van der Waals surface area contributed by atoms with E-state index in [1.165, 1.54) is 29.2 Å². The highest BCUT2D eigenvalue weighted by Gasteiger charge is 2.41. The zero-order chi connectivity index (χ0) is 22.8. The highest BCUT2D eigenvalue weighted by Crippen LogP contribution is 2.37. The highest BCUT2D eigenvalue weighted by atomic mass is 32.2. The molecule has 0 radical (unpaired) electrons. The summed E-state index contributed by atoms with van der Waals surface area (Å²) in [5.41, 5.74) is 13.0. The summed E-state index contributed by atoms with van der Waals surface area (Å²) in [6.45, 7) is 0. The van der Waals surface area contributed by atoms with E-state index in [2.05, 4.69) is 15.1 Å². The Morgan fingerprint density at radius 1 is 1.16 bits per heavy atom. The van der Waals surface area contributed by atoms with Crippen molar-refractivity contribution in [3.05, 3.63) is 48.5 Å². The van der Waals surface area contributed by atoms with Crippen molar-refractivity contribution < 1.29 is 21.6 Å². The van der Waals surface area contributed by atoms with Crippen LogP contribution in [-0.2, 0) is 10.0 Å². The van der Waals surface area contributed by atoms with Crippen LogP contribution in [-0.4, -0.2) is 47.1 Å². The first kappa shape index (κ1) is 22.5. The number of halogens is 3. The molecule has 9 nitrogen and oxygen atoms in total. The van der Waals surface area contributed by atoms with Crippen molar-refractivity contribution in [3.63, 3.8) is 0 Å². The molecule has 0 fully saturated rings. The topological polar surface area (TPSA) is 142 Å². The van der Waals surface area contributed by atoms with Crippen LogP contribution >= 0.6 is 0 Å². The first-order valence-corrected chi connectivity index (χ1v) is 10.7. The zero-order valence-electron chi connectivity index (χ0n) is 16.3. The fourth-order valence-electron chi connectivity index (χ4n) is 2.96. The van der Waals surface area contributed by atoms with Gasteiger partial charge in [-0.15, -0.1) is 0 Å². The van der Waals surface area contributed by atoms with Crippen LogP contribution in [0.3, 0.4) is 0 Å².